The van der Waals surface area contributed by atoms with Crippen molar-refractivity contribution in [3.63, 3.8) is 0 Å². The molecule has 84 valence electrons. The number of aromatic nitrogens is 1. The van der Waals surface area contributed by atoms with E-state index in [1.165, 1.54) is 0 Å². The van der Waals surface area contributed by atoms with Crippen LogP contribution in [0.4, 0.5) is 0 Å². The highest BCUT2D eigenvalue weighted by Crippen LogP contribution is 2.20. The Kier molecular flexibility index (Phi) is 3.18. The van der Waals surface area contributed by atoms with Gasteiger partial charge in [-0.15, -0.1) is 0 Å². The normalized spacial score (nSPS) is 11.6. The van der Waals surface area contributed by atoms with E-state index in [2.05, 4.69) is 4.98 Å². The summed E-state index contributed by atoms with van der Waals surface area (Å²) in [6.07, 6.45) is 2.82. The van der Waals surface area contributed by atoms with E-state index in [4.69, 9.17) is 5.11 Å². The average molecular weight is 231 g/mol. The van der Waals surface area contributed by atoms with E-state index in [1.54, 1.807) is 13.1 Å². The summed E-state index contributed by atoms with van der Waals surface area (Å²) in [6, 6.07) is 0. The molecule has 6 heteroatoms. The molecule has 0 bridgehead atoms. The minimum atomic E-state index is -3.29. The number of aromatic amines is 1. The fourth-order valence-corrected chi connectivity index (χ4v) is 2.76. The molecule has 5 nitrogen and oxygen atoms in total. The Morgan fingerprint density at radius 3 is 2.60 bits per heavy atom. The third-order valence-electron chi connectivity index (χ3n) is 2.07. The van der Waals surface area contributed by atoms with Crippen LogP contribution in [0.15, 0.2) is 11.1 Å². The first-order valence-electron chi connectivity index (χ1n) is 4.41. The first-order valence-corrected chi connectivity index (χ1v) is 6.30. The van der Waals surface area contributed by atoms with Gasteiger partial charge in [-0.05, 0) is 18.9 Å². The minimum absolute atomic E-state index is 0.0696. The summed E-state index contributed by atoms with van der Waals surface area (Å²) in [4.78, 5) is 13.4. The van der Waals surface area contributed by atoms with Crippen LogP contribution in [-0.4, -0.2) is 30.7 Å². The van der Waals surface area contributed by atoms with Gasteiger partial charge >= 0.3 is 5.97 Å². The second kappa shape index (κ2) is 4.06. The molecule has 0 amide bonds. The van der Waals surface area contributed by atoms with Gasteiger partial charge in [0, 0.05) is 24.6 Å². The van der Waals surface area contributed by atoms with Crippen molar-refractivity contribution in [2.24, 2.45) is 0 Å². The summed E-state index contributed by atoms with van der Waals surface area (Å²) in [7, 11) is -3.29. The third-order valence-corrected chi connectivity index (χ3v) is 3.38. The van der Waals surface area contributed by atoms with Crippen molar-refractivity contribution >= 4 is 15.8 Å². The molecule has 1 aromatic rings. The zero-order chi connectivity index (χ0) is 11.6. The van der Waals surface area contributed by atoms with Gasteiger partial charge in [0.1, 0.15) is 0 Å². The summed E-state index contributed by atoms with van der Waals surface area (Å²) in [5, 5.41) is 8.52. The van der Waals surface area contributed by atoms with Gasteiger partial charge in [0.15, 0.2) is 9.84 Å². The molecule has 0 radical (unpaired) electrons. The lowest BCUT2D eigenvalue weighted by atomic mass is 10.2. The minimum Gasteiger partial charge on any atom is -0.481 e. The monoisotopic (exact) mass is 231 g/mol. The van der Waals surface area contributed by atoms with Gasteiger partial charge in [0.2, 0.25) is 0 Å². The number of sulfone groups is 1. The highest BCUT2D eigenvalue weighted by Gasteiger charge is 2.18. The van der Waals surface area contributed by atoms with Crippen molar-refractivity contribution in [2.75, 3.05) is 6.26 Å². The molecule has 1 aromatic heterocycles. The van der Waals surface area contributed by atoms with Gasteiger partial charge in [-0.2, -0.15) is 0 Å². The van der Waals surface area contributed by atoms with Crippen LogP contribution in [0.5, 0.6) is 0 Å². The van der Waals surface area contributed by atoms with Crippen LogP contribution in [0, 0.1) is 6.92 Å². The van der Waals surface area contributed by atoms with Gasteiger partial charge in [-0.3, -0.25) is 4.79 Å². The Hall–Kier alpha value is -1.30. The summed E-state index contributed by atoms with van der Waals surface area (Å²) in [5.74, 6) is -0.937. The third kappa shape index (κ3) is 2.82. The highest BCUT2D eigenvalue weighted by molar-refractivity contribution is 7.90. The number of carboxylic acids is 1. The number of aryl methyl sites for hydroxylation is 2. The first kappa shape index (κ1) is 11.8. The Morgan fingerprint density at radius 2 is 2.13 bits per heavy atom. The molecule has 0 aliphatic carbocycles. The highest BCUT2D eigenvalue weighted by atomic mass is 32.2. The molecule has 1 rings (SSSR count). The molecule has 0 saturated carbocycles. The van der Waals surface area contributed by atoms with Crippen LogP contribution in [0.1, 0.15) is 17.7 Å². The van der Waals surface area contributed by atoms with Crippen LogP contribution in [0.3, 0.4) is 0 Å². The molecule has 0 aromatic carbocycles. The summed E-state index contributed by atoms with van der Waals surface area (Å²) in [6.45, 7) is 1.65. The molecule has 0 saturated heterocycles. The molecule has 15 heavy (non-hydrogen) atoms. The summed E-state index contributed by atoms with van der Waals surface area (Å²) in [5.41, 5.74) is 1.09. The predicted molar refractivity (Wildman–Crippen MR) is 54.6 cm³/mol. The SMILES string of the molecule is Cc1[nH]cc(CCC(=O)O)c1S(C)(=O)=O. The van der Waals surface area contributed by atoms with E-state index >= 15 is 0 Å². The molecule has 2 N–H and O–H groups in total. The van der Waals surface area contributed by atoms with Gasteiger partial charge in [0.25, 0.3) is 0 Å². The zero-order valence-electron chi connectivity index (χ0n) is 8.57. The number of carboxylic acid groups (broad SMARTS) is 1. The fraction of sp³-hybridized carbons (Fsp3) is 0.444. The van der Waals surface area contributed by atoms with Crippen LogP contribution in [0.25, 0.3) is 0 Å². The quantitative estimate of drug-likeness (QED) is 0.800. The molecule has 0 atom stereocenters. The van der Waals surface area contributed by atoms with Crippen molar-refractivity contribution in [1.82, 2.24) is 4.98 Å². The van der Waals surface area contributed by atoms with E-state index in [0.29, 0.717) is 11.3 Å². The summed E-state index contributed by atoms with van der Waals surface area (Å²) >= 11 is 0. The van der Waals surface area contributed by atoms with Crippen LogP contribution < -0.4 is 0 Å². The Labute approximate surface area is 88.0 Å². The van der Waals surface area contributed by atoms with E-state index < -0.39 is 15.8 Å². The van der Waals surface area contributed by atoms with Crippen molar-refractivity contribution < 1.29 is 18.3 Å². The van der Waals surface area contributed by atoms with E-state index in [0.717, 1.165) is 6.26 Å². The van der Waals surface area contributed by atoms with E-state index in [9.17, 15) is 13.2 Å². The molecule has 0 unspecified atom stereocenters. The van der Waals surface area contributed by atoms with Crippen LogP contribution in [-0.2, 0) is 21.1 Å². The van der Waals surface area contributed by atoms with Gasteiger partial charge < -0.3 is 10.1 Å². The number of H-pyrrole nitrogens is 1. The average Bonchev–Trinajstić information content (AvgIpc) is 2.42. The smallest absolute Gasteiger partial charge is 0.303 e. The molecule has 1 heterocycles. The largest absolute Gasteiger partial charge is 0.481 e. The van der Waals surface area contributed by atoms with E-state index in [-0.39, 0.29) is 17.7 Å². The van der Waals surface area contributed by atoms with E-state index in [1.807, 2.05) is 0 Å². The Balaban J connectivity index is 3.05. The van der Waals surface area contributed by atoms with Crippen LogP contribution >= 0.6 is 0 Å². The maximum Gasteiger partial charge on any atom is 0.303 e. The van der Waals surface area contributed by atoms with Crippen molar-refractivity contribution in [2.45, 2.75) is 24.7 Å². The number of nitrogens with one attached hydrogen (secondary N) is 1. The second-order valence-corrected chi connectivity index (χ2v) is 5.39. The number of hydrogen-bond donors (Lipinski definition) is 2. The number of carbonyl (C=O) groups is 1. The molecule has 0 aliphatic heterocycles. The van der Waals surface area contributed by atoms with Crippen molar-refractivity contribution in [3.05, 3.63) is 17.5 Å². The first-order chi connectivity index (χ1) is 6.82. The second-order valence-electron chi connectivity index (χ2n) is 3.43. The maximum atomic E-state index is 11.4. The van der Waals surface area contributed by atoms with Gasteiger partial charge in [0.05, 0.1) is 4.90 Å². The zero-order valence-corrected chi connectivity index (χ0v) is 9.39. The topological polar surface area (TPSA) is 87.2 Å². The standard InChI is InChI=1S/C9H13NO4S/c1-6-9(15(2,13)14)7(5-10-6)3-4-8(11)12/h5,10H,3-4H2,1-2H3,(H,11,12). The lowest BCUT2D eigenvalue weighted by Crippen LogP contribution is -2.04. The lowest BCUT2D eigenvalue weighted by molar-refractivity contribution is -0.136. The molecule has 0 fully saturated rings. The van der Waals surface area contributed by atoms with Gasteiger partial charge in [-0.25, -0.2) is 8.42 Å². The van der Waals surface area contributed by atoms with Gasteiger partial charge in [-0.1, -0.05) is 0 Å². The summed E-state index contributed by atoms with van der Waals surface area (Å²) < 4.78 is 22.8. The Morgan fingerprint density at radius 1 is 1.53 bits per heavy atom. The maximum absolute atomic E-state index is 11.4. The lowest BCUT2D eigenvalue weighted by Gasteiger charge is -2.01. The number of rotatable bonds is 4. The number of hydrogen-bond acceptors (Lipinski definition) is 3. The predicted octanol–water partition coefficient (Wildman–Crippen LogP) is 0.744. The molecule has 0 spiro atoms. The van der Waals surface area contributed by atoms with Crippen molar-refractivity contribution in [3.8, 4) is 0 Å². The molecule has 0 aliphatic rings. The van der Waals surface area contributed by atoms with Crippen LogP contribution in [0.2, 0.25) is 0 Å². The Bertz CT molecular complexity index is 472. The number of aliphatic carboxylic acids is 1. The molecular formula is C9H13NO4S. The molecular weight excluding hydrogens is 218 g/mol. The van der Waals surface area contributed by atoms with Crippen molar-refractivity contribution in [1.29, 1.82) is 0 Å². The fourth-order valence-electron chi connectivity index (χ4n) is 1.51.